The van der Waals surface area contributed by atoms with Crippen LogP contribution in [0.1, 0.15) is 40.9 Å². The number of nitrogens with one attached hydrogen (secondary N) is 1. The van der Waals surface area contributed by atoms with Crippen LogP contribution in [0, 0.1) is 0 Å². The number of benzene rings is 1. The molecular formula is C17H18N4O4. The fraction of sp³-hybridized carbons (Fsp3) is 0.294. The van der Waals surface area contributed by atoms with Crippen molar-refractivity contribution in [3.8, 4) is 0 Å². The molecule has 1 aliphatic rings. The number of nitrogens with zero attached hydrogens (tertiary/aromatic N) is 2. The van der Waals surface area contributed by atoms with Gasteiger partial charge in [0.2, 0.25) is 0 Å². The molecule has 8 nitrogen and oxygen atoms in total. The minimum absolute atomic E-state index is 0.0855. The van der Waals surface area contributed by atoms with Crippen molar-refractivity contribution in [3.63, 3.8) is 0 Å². The Balaban J connectivity index is 1.94. The van der Waals surface area contributed by atoms with Gasteiger partial charge in [-0.1, -0.05) is 29.8 Å². The van der Waals surface area contributed by atoms with E-state index in [9.17, 15) is 14.4 Å². The molecule has 1 aromatic carbocycles. The van der Waals surface area contributed by atoms with E-state index in [0.717, 1.165) is 19.3 Å². The van der Waals surface area contributed by atoms with Gasteiger partial charge in [-0.15, -0.1) is 0 Å². The van der Waals surface area contributed by atoms with Gasteiger partial charge in [-0.2, -0.15) is 0 Å². The molecule has 0 atom stereocenters. The van der Waals surface area contributed by atoms with E-state index in [0.29, 0.717) is 24.2 Å². The highest BCUT2D eigenvalue weighted by Gasteiger charge is 2.20. The van der Waals surface area contributed by atoms with Crippen molar-refractivity contribution >= 4 is 11.8 Å². The molecular weight excluding hydrogens is 324 g/mol. The van der Waals surface area contributed by atoms with Crippen LogP contribution in [0.2, 0.25) is 0 Å². The van der Waals surface area contributed by atoms with E-state index >= 15 is 0 Å². The lowest BCUT2D eigenvalue weighted by atomic mass is 10.1. The smallest absolute Gasteiger partial charge is 0.365 e. The maximum absolute atomic E-state index is 12.2. The van der Waals surface area contributed by atoms with E-state index in [-0.39, 0.29) is 11.4 Å². The third-order valence-electron chi connectivity index (χ3n) is 4.09. The van der Waals surface area contributed by atoms with Gasteiger partial charge in [-0.25, -0.2) is 9.59 Å². The number of amidine groups is 1. The molecule has 1 aliphatic heterocycles. The number of aromatic nitrogens is 2. The quantitative estimate of drug-likeness (QED) is 0.369. The van der Waals surface area contributed by atoms with E-state index in [2.05, 4.69) is 10.1 Å². The highest BCUT2D eigenvalue weighted by atomic mass is 16.7. The fourth-order valence-electron chi connectivity index (χ4n) is 2.88. The van der Waals surface area contributed by atoms with Crippen molar-refractivity contribution in [1.29, 1.82) is 0 Å². The first-order valence-corrected chi connectivity index (χ1v) is 8.04. The van der Waals surface area contributed by atoms with Gasteiger partial charge in [0.15, 0.2) is 5.84 Å². The number of oxime groups is 1. The average Bonchev–Trinajstić information content (AvgIpc) is 2.86. The first-order valence-electron chi connectivity index (χ1n) is 8.04. The molecule has 0 saturated carbocycles. The zero-order chi connectivity index (χ0) is 17.8. The Hall–Kier alpha value is -3.16. The van der Waals surface area contributed by atoms with E-state index in [1.165, 1.54) is 4.57 Å². The molecule has 130 valence electrons. The van der Waals surface area contributed by atoms with Crippen LogP contribution in [0.25, 0.3) is 0 Å². The van der Waals surface area contributed by atoms with Crippen molar-refractivity contribution in [1.82, 2.24) is 9.55 Å². The molecule has 0 fully saturated rings. The minimum atomic E-state index is -0.681. The molecule has 0 bridgehead atoms. The van der Waals surface area contributed by atoms with Crippen molar-refractivity contribution in [2.45, 2.75) is 32.2 Å². The molecule has 0 aliphatic carbocycles. The predicted octanol–water partition coefficient (Wildman–Crippen LogP) is 0.740. The average molecular weight is 342 g/mol. The van der Waals surface area contributed by atoms with Crippen molar-refractivity contribution in [2.24, 2.45) is 10.9 Å². The number of carbonyl (C=O) groups excluding carboxylic acids is 1. The fourth-order valence-corrected chi connectivity index (χ4v) is 2.88. The second-order valence-electron chi connectivity index (χ2n) is 5.76. The van der Waals surface area contributed by atoms with Crippen LogP contribution in [0.4, 0.5) is 0 Å². The Morgan fingerprint density at radius 2 is 1.92 bits per heavy atom. The minimum Gasteiger partial charge on any atom is -0.380 e. The second-order valence-corrected chi connectivity index (χ2v) is 5.76. The normalized spacial score (nSPS) is 14.5. The van der Waals surface area contributed by atoms with Crippen LogP contribution in [-0.2, 0) is 17.8 Å². The Morgan fingerprint density at radius 3 is 2.68 bits per heavy atom. The van der Waals surface area contributed by atoms with Crippen LogP contribution in [-0.4, -0.2) is 21.4 Å². The molecule has 2 heterocycles. The van der Waals surface area contributed by atoms with Crippen molar-refractivity contribution in [3.05, 3.63) is 68.0 Å². The summed E-state index contributed by atoms with van der Waals surface area (Å²) < 4.78 is 1.51. The summed E-state index contributed by atoms with van der Waals surface area (Å²) in [4.78, 5) is 43.2. The van der Waals surface area contributed by atoms with Crippen molar-refractivity contribution < 1.29 is 9.63 Å². The third-order valence-corrected chi connectivity index (χ3v) is 4.09. The van der Waals surface area contributed by atoms with Gasteiger partial charge < -0.3 is 10.6 Å². The molecule has 25 heavy (non-hydrogen) atoms. The van der Waals surface area contributed by atoms with Gasteiger partial charge in [-0.3, -0.25) is 14.3 Å². The summed E-state index contributed by atoms with van der Waals surface area (Å²) in [5, 5.41) is 3.61. The number of hydrogen-bond acceptors (Lipinski definition) is 5. The highest BCUT2D eigenvalue weighted by molar-refractivity contribution is 5.98. The summed E-state index contributed by atoms with van der Waals surface area (Å²) in [6.45, 7) is 0.509. The Bertz CT molecular complexity index is 928. The first kappa shape index (κ1) is 16.7. The van der Waals surface area contributed by atoms with Crippen LogP contribution in [0.5, 0.6) is 0 Å². The highest BCUT2D eigenvalue weighted by Crippen LogP contribution is 2.14. The van der Waals surface area contributed by atoms with Crippen LogP contribution in [0.3, 0.4) is 0 Å². The molecule has 3 N–H and O–H groups in total. The Morgan fingerprint density at radius 1 is 1.16 bits per heavy atom. The van der Waals surface area contributed by atoms with E-state index in [1.807, 2.05) is 0 Å². The summed E-state index contributed by atoms with van der Waals surface area (Å²) >= 11 is 0. The molecule has 2 aromatic rings. The molecule has 0 radical (unpaired) electrons. The van der Waals surface area contributed by atoms with E-state index in [4.69, 9.17) is 10.6 Å². The van der Waals surface area contributed by atoms with Crippen LogP contribution < -0.4 is 17.0 Å². The van der Waals surface area contributed by atoms with Gasteiger partial charge in [0.25, 0.3) is 5.56 Å². The molecule has 1 aromatic heterocycles. The van der Waals surface area contributed by atoms with E-state index in [1.54, 1.807) is 30.3 Å². The second kappa shape index (κ2) is 7.16. The van der Waals surface area contributed by atoms with Gasteiger partial charge in [0.05, 0.1) is 5.56 Å². The predicted molar refractivity (Wildman–Crippen MR) is 91.5 cm³/mol. The summed E-state index contributed by atoms with van der Waals surface area (Å²) in [6.07, 6.45) is 3.18. The third kappa shape index (κ3) is 3.52. The summed E-state index contributed by atoms with van der Waals surface area (Å²) in [6, 6.07) is 8.31. The zero-order valence-corrected chi connectivity index (χ0v) is 13.5. The largest absolute Gasteiger partial charge is 0.380 e. The number of H-pyrrole nitrogens is 1. The molecule has 0 spiro atoms. The van der Waals surface area contributed by atoms with Gasteiger partial charge in [0, 0.05) is 12.2 Å². The van der Waals surface area contributed by atoms with Gasteiger partial charge in [0.1, 0.15) is 5.56 Å². The Kier molecular flexibility index (Phi) is 4.78. The number of nitrogens with two attached hydrogens (primary N) is 1. The Labute approximate surface area is 142 Å². The first-order chi connectivity index (χ1) is 12.1. The molecule has 8 heteroatoms. The SMILES string of the molecule is N/C(=N\OC(=O)c1ccccc1)c1c2n(c(=O)[nH]c1=O)CCCCC2. The number of rotatable bonds is 3. The lowest BCUT2D eigenvalue weighted by Crippen LogP contribution is -2.38. The van der Waals surface area contributed by atoms with Gasteiger partial charge >= 0.3 is 11.7 Å². The standard InChI is InChI=1S/C17H18N4O4/c18-14(20-25-16(23)11-7-3-1-4-8-11)13-12-9-5-2-6-10-21(12)17(24)19-15(13)22/h1,3-4,7-8H,2,5-6,9-10H2,(H2,18,20)(H,19,22,24). The molecule has 0 saturated heterocycles. The van der Waals surface area contributed by atoms with Gasteiger partial charge in [-0.05, 0) is 31.4 Å². The zero-order valence-electron chi connectivity index (χ0n) is 13.5. The summed E-state index contributed by atoms with van der Waals surface area (Å²) in [5.74, 6) is -0.907. The number of fused-ring (bicyclic) bond motifs is 1. The molecule has 0 unspecified atom stereocenters. The maximum Gasteiger partial charge on any atom is 0.365 e. The number of hydrogen-bond donors (Lipinski definition) is 2. The van der Waals surface area contributed by atoms with E-state index < -0.39 is 17.2 Å². The molecule has 3 rings (SSSR count). The van der Waals surface area contributed by atoms with Crippen LogP contribution in [0.15, 0.2) is 45.1 Å². The number of carbonyl (C=O) groups is 1. The topological polar surface area (TPSA) is 120 Å². The monoisotopic (exact) mass is 342 g/mol. The summed E-state index contributed by atoms with van der Waals surface area (Å²) in [7, 11) is 0. The number of aromatic amines is 1. The lowest BCUT2D eigenvalue weighted by molar-refractivity contribution is 0.0516. The van der Waals surface area contributed by atoms with Crippen LogP contribution >= 0.6 is 0 Å². The van der Waals surface area contributed by atoms with Crippen molar-refractivity contribution in [2.75, 3.05) is 0 Å². The summed E-state index contributed by atoms with van der Waals surface area (Å²) in [5.41, 5.74) is 5.73. The maximum atomic E-state index is 12.2. The molecule has 0 amide bonds. The lowest BCUT2D eigenvalue weighted by Gasteiger charge is -2.12.